The van der Waals surface area contributed by atoms with Crippen molar-refractivity contribution in [2.75, 3.05) is 0 Å². The molecule has 7 nitrogen and oxygen atoms in total. The molecule has 2 N–H and O–H groups in total. The van der Waals surface area contributed by atoms with Gasteiger partial charge in [0.05, 0.1) is 17.2 Å². The summed E-state index contributed by atoms with van der Waals surface area (Å²) in [6.45, 7) is 1.73. The predicted octanol–water partition coefficient (Wildman–Crippen LogP) is 2.43. The van der Waals surface area contributed by atoms with Crippen LogP contribution in [-0.2, 0) is 0 Å². The first-order valence-corrected chi connectivity index (χ1v) is 6.69. The van der Waals surface area contributed by atoms with Crippen molar-refractivity contribution in [1.82, 2.24) is 10.3 Å². The van der Waals surface area contributed by atoms with E-state index in [1.54, 1.807) is 31.2 Å². The van der Waals surface area contributed by atoms with Gasteiger partial charge in [0, 0.05) is 11.1 Å². The van der Waals surface area contributed by atoms with Crippen LogP contribution in [0, 0.1) is 10.1 Å². The number of halogens is 1. The molecule has 0 spiro atoms. The minimum Gasteiger partial charge on any atom is -0.345 e. The first kappa shape index (κ1) is 15.7. The molecule has 22 heavy (non-hydrogen) atoms. The molecular formula is C14H12ClN3O4. The van der Waals surface area contributed by atoms with Gasteiger partial charge in [-0.1, -0.05) is 23.7 Å². The highest BCUT2D eigenvalue weighted by atomic mass is 35.5. The van der Waals surface area contributed by atoms with Gasteiger partial charge in [0.2, 0.25) is 0 Å². The second-order valence-corrected chi connectivity index (χ2v) is 5.04. The molecular weight excluding hydrogens is 310 g/mol. The van der Waals surface area contributed by atoms with Crippen molar-refractivity contribution >= 4 is 23.2 Å². The van der Waals surface area contributed by atoms with Crippen molar-refractivity contribution in [2.24, 2.45) is 0 Å². The lowest BCUT2D eigenvalue weighted by molar-refractivity contribution is -0.385. The summed E-state index contributed by atoms with van der Waals surface area (Å²) in [6, 6.07) is 7.40. The van der Waals surface area contributed by atoms with Crippen molar-refractivity contribution in [3.05, 3.63) is 73.1 Å². The van der Waals surface area contributed by atoms with Gasteiger partial charge in [-0.3, -0.25) is 19.7 Å². The van der Waals surface area contributed by atoms with Gasteiger partial charge in [-0.15, -0.1) is 0 Å². The summed E-state index contributed by atoms with van der Waals surface area (Å²) >= 11 is 5.79. The number of aromatic nitrogens is 1. The minimum absolute atomic E-state index is 0.310. The van der Waals surface area contributed by atoms with E-state index in [4.69, 9.17) is 11.6 Å². The first-order chi connectivity index (χ1) is 10.4. The quantitative estimate of drug-likeness (QED) is 0.666. The van der Waals surface area contributed by atoms with Crippen molar-refractivity contribution in [3.8, 4) is 0 Å². The number of nitro groups is 1. The Hall–Kier alpha value is -2.67. The molecule has 1 heterocycles. The maximum absolute atomic E-state index is 12.1. The van der Waals surface area contributed by atoms with Gasteiger partial charge in [-0.25, -0.2) is 0 Å². The second-order valence-electron chi connectivity index (χ2n) is 4.60. The summed E-state index contributed by atoms with van der Waals surface area (Å²) in [5, 5.41) is 13.9. The number of hydrogen-bond donors (Lipinski definition) is 2. The number of hydrogen-bond acceptors (Lipinski definition) is 4. The highest BCUT2D eigenvalue weighted by Gasteiger charge is 2.18. The number of carbonyl (C=O) groups excluding carboxylic acids is 1. The van der Waals surface area contributed by atoms with Crippen LogP contribution in [0.2, 0.25) is 5.02 Å². The molecule has 0 saturated heterocycles. The zero-order chi connectivity index (χ0) is 16.3. The first-order valence-electron chi connectivity index (χ1n) is 6.32. The summed E-state index contributed by atoms with van der Waals surface area (Å²) in [6.07, 6.45) is 0.946. The highest BCUT2D eigenvalue weighted by molar-refractivity contribution is 6.30. The van der Waals surface area contributed by atoms with E-state index in [1.807, 2.05) is 0 Å². The molecule has 0 radical (unpaired) electrons. The average molecular weight is 322 g/mol. The second kappa shape index (κ2) is 6.40. The minimum atomic E-state index is -0.689. The van der Waals surface area contributed by atoms with Crippen molar-refractivity contribution in [1.29, 1.82) is 0 Å². The Morgan fingerprint density at radius 2 is 2.00 bits per heavy atom. The third-order valence-electron chi connectivity index (χ3n) is 3.06. The number of nitrogens with one attached hydrogen (secondary N) is 2. The molecule has 0 aliphatic carbocycles. The number of pyridine rings is 1. The van der Waals surface area contributed by atoms with E-state index < -0.39 is 16.4 Å². The topological polar surface area (TPSA) is 105 Å². The van der Waals surface area contributed by atoms with Crippen LogP contribution in [0.1, 0.15) is 28.9 Å². The molecule has 114 valence electrons. The molecule has 1 aromatic carbocycles. The van der Waals surface area contributed by atoms with Crippen molar-refractivity contribution < 1.29 is 9.72 Å². The van der Waals surface area contributed by atoms with E-state index in [2.05, 4.69) is 10.3 Å². The summed E-state index contributed by atoms with van der Waals surface area (Å²) in [5.41, 5.74) is -0.565. The fraction of sp³-hybridized carbons (Fsp3) is 0.143. The molecule has 0 bridgehead atoms. The van der Waals surface area contributed by atoms with Crippen LogP contribution in [-0.4, -0.2) is 15.8 Å². The van der Waals surface area contributed by atoms with Crippen LogP contribution in [0.4, 0.5) is 5.69 Å². The smallest absolute Gasteiger partial charge is 0.286 e. The number of benzene rings is 1. The number of carbonyl (C=O) groups is 1. The largest absolute Gasteiger partial charge is 0.345 e. The number of amides is 1. The van der Waals surface area contributed by atoms with Crippen LogP contribution in [0.15, 0.2) is 41.3 Å². The van der Waals surface area contributed by atoms with Gasteiger partial charge in [0.15, 0.2) is 0 Å². The average Bonchev–Trinajstić information content (AvgIpc) is 2.47. The summed E-state index contributed by atoms with van der Waals surface area (Å²) < 4.78 is 0. The molecule has 0 fully saturated rings. The van der Waals surface area contributed by atoms with Gasteiger partial charge in [0.25, 0.3) is 17.2 Å². The highest BCUT2D eigenvalue weighted by Crippen LogP contribution is 2.16. The van der Waals surface area contributed by atoms with Gasteiger partial charge >= 0.3 is 0 Å². The lowest BCUT2D eigenvalue weighted by atomic mass is 10.1. The maximum Gasteiger partial charge on any atom is 0.286 e. The van der Waals surface area contributed by atoms with Crippen LogP contribution in [0.25, 0.3) is 0 Å². The summed E-state index contributed by atoms with van der Waals surface area (Å²) in [7, 11) is 0. The Kier molecular flexibility index (Phi) is 4.57. The van der Waals surface area contributed by atoms with E-state index in [-0.39, 0.29) is 17.3 Å². The molecule has 1 amide bonds. The summed E-state index contributed by atoms with van der Waals surface area (Å²) in [5.74, 6) is -0.688. The number of H-pyrrole nitrogens is 1. The Labute approximate surface area is 130 Å². The summed E-state index contributed by atoms with van der Waals surface area (Å²) in [4.78, 5) is 35.9. The van der Waals surface area contributed by atoms with E-state index >= 15 is 0 Å². The number of aromatic amines is 1. The monoisotopic (exact) mass is 321 g/mol. The molecule has 2 rings (SSSR count). The number of nitrogens with zero attached hydrogens (tertiary/aromatic N) is 1. The third-order valence-corrected chi connectivity index (χ3v) is 3.31. The molecule has 0 unspecified atom stereocenters. The van der Waals surface area contributed by atoms with Gasteiger partial charge in [0.1, 0.15) is 5.56 Å². The van der Waals surface area contributed by atoms with Crippen LogP contribution < -0.4 is 10.9 Å². The maximum atomic E-state index is 12.1. The lowest BCUT2D eigenvalue weighted by Crippen LogP contribution is -2.31. The number of rotatable bonds is 4. The van der Waals surface area contributed by atoms with Crippen molar-refractivity contribution in [3.63, 3.8) is 0 Å². The van der Waals surface area contributed by atoms with Crippen molar-refractivity contribution in [2.45, 2.75) is 13.0 Å². The Bertz CT molecular complexity index is 770. The normalized spacial score (nSPS) is 11.7. The van der Waals surface area contributed by atoms with E-state index in [0.717, 1.165) is 17.8 Å². The van der Waals surface area contributed by atoms with Gasteiger partial charge in [-0.2, -0.15) is 0 Å². The third kappa shape index (κ3) is 3.50. The molecule has 8 heteroatoms. The fourth-order valence-electron chi connectivity index (χ4n) is 1.86. The molecule has 0 aliphatic rings. The van der Waals surface area contributed by atoms with Crippen LogP contribution in [0.5, 0.6) is 0 Å². The van der Waals surface area contributed by atoms with E-state index in [0.29, 0.717) is 5.02 Å². The van der Waals surface area contributed by atoms with E-state index in [1.165, 1.54) is 0 Å². The van der Waals surface area contributed by atoms with Crippen LogP contribution in [0.3, 0.4) is 0 Å². The zero-order valence-corrected chi connectivity index (χ0v) is 12.3. The lowest BCUT2D eigenvalue weighted by Gasteiger charge is -2.14. The zero-order valence-electron chi connectivity index (χ0n) is 11.5. The van der Waals surface area contributed by atoms with Crippen LogP contribution >= 0.6 is 11.6 Å². The Morgan fingerprint density at radius 3 is 2.59 bits per heavy atom. The Balaban J connectivity index is 2.21. The predicted molar refractivity (Wildman–Crippen MR) is 81.1 cm³/mol. The standard InChI is InChI=1S/C14H12ClN3O4/c1-8(9-2-4-10(15)5-3-9)17-14(20)12-6-11(18(21)22)7-16-13(12)19/h2-8H,1H3,(H,16,19)(H,17,20)/t8-/m1/s1. The molecule has 0 aliphatic heterocycles. The SMILES string of the molecule is C[C@@H](NC(=O)c1cc([N+](=O)[O-])c[nH]c1=O)c1ccc(Cl)cc1. The van der Waals surface area contributed by atoms with E-state index in [9.17, 15) is 19.7 Å². The molecule has 1 aromatic heterocycles. The molecule has 2 aromatic rings. The fourth-order valence-corrected chi connectivity index (χ4v) is 1.98. The molecule has 1 atom stereocenters. The van der Waals surface area contributed by atoms with Gasteiger partial charge in [-0.05, 0) is 24.6 Å². The Morgan fingerprint density at radius 1 is 1.36 bits per heavy atom. The molecule has 0 saturated carbocycles. The van der Waals surface area contributed by atoms with Gasteiger partial charge < -0.3 is 10.3 Å².